The van der Waals surface area contributed by atoms with Crippen molar-refractivity contribution in [1.29, 1.82) is 0 Å². The molecule has 11 N–H and O–H groups in total. The van der Waals surface area contributed by atoms with Crippen LogP contribution in [0.3, 0.4) is 0 Å². The Balaban J connectivity index is 1.58. The molecule has 5 atom stereocenters. The van der Waals surface area contributed by atoms with Crippen LogP contribution in [0.25, 0.3) is 10.9 Å². The second-order valence-electron chi connectivity index (χ2n) is 12.1. The van der Waals surface area contributed by atoms with Crippen LogP contribution in [0.15, 0.2) is 65.8 Å². The normalized spacial score (nSPS) is 16.4. The molecule has 0 bridgehead atoms. The molecule has 268 valence electrons. The summed E-state index contributed by atoms with van der Waals surface area (Å²) in [6.07, 6.45) is 3.74. The fourth-order valence-corrected chi connectivity index (χ4v) is 5.99. The summed E-state index contributed by atoms with van der Waals surface area (Å²) in [6, 6.07) is 11.4. The molecular weight excluding hydrogens is 662 g/mol. The van der Waals surface area contributed by atoms with Crippen molar-refractivity contribution in [1.82, 2.24) is 31.6 Å². The zero-order valence-corrected chi connectivity index (χ0v) is 28.5. The van der Waals surface area contributed by atoms with Gasteiger partial charge in [0.15, 0.2) is 5.96 Å². The Bertz CT molecular complexity index is 1660. The van der Waals surface area contributed by atoms with Gasteiger partial charge in [0.05, 0.1) is 6.04 Å². The van der Waals surface area contributed by atoms with Crippen molar-refractivity contribution in [3.8, 4) is 0 Å². The van der Waals surface area contributed by atoms with E-state index < -0.39 is 53.9 Å². The first-order valence-corrected chi connectivity index (χ1v) is 17.1. The van der Waals surface area contributed by atoms with Crippen LogP contribution in [0.4, 0.5) is 0 Å². The molecule has 1 saturated heterocycles. The highest BCUT2D eigenvalue weighted by Crippen LogP contribution is 2.19. The zero-order chi connectivity index (χ0) is 36.0. The molecule has 1 aliphatic heterocycles. The highest BCUT2D eigenvalue weighted by atomic mass is 32.1. The molecule has 0 saturated carbocycles. The summed E-state index contributed by atoms with van der Waals surface area (Å²) in [7, 11) is 0. The summed E-state index contributed by atoms with van der Waals surface area (Å²) >= 11 is 4.05. The second kappa shape index (κ2) is 18.6. The highest BCUT2D eigenvalue weighted by molar-refractivity contribution is 7.80. The Morgan fingerprint density at radius 1 is 0.860 bits per heavy atom. The van der Waals surface area contributed by atoms with Gasteiger partial charge < -0.3 is 48.1 Å². The first kappa shape index (κ1) is 37.7. The van der Waals surface area contributed by atoms with Gasteiger partial charge in [0, 0.05) is 42.2 Å². The standard InChI is InChI=1S/C34H45N9O6S/c35-34(36)38-15-7-13-25(40-31(46)26(16-20-8-2-1-3-9-20)41-29(44)24-12-6-14-37-24)30(45)42-27(32(47)43-28(19-50)33(48)49)17-21-18-39-23-11-5-4-10-22(21)23/h1-5,8-11,18,24-28,37,39,50H,6-7,12-17,19H2,(H,40,46)(H,41,44)(H,42,45)(H,43,47)(H,48,49)(H4,35,36,38)/t24-,25-,26+,27-,28-/m0/s1. The molecule has 4 rings (SSSR count). The molecule has 1 fully saturated rings. The molecule has 0 aliphatic carbocycles. The minimum atomic E-state index is -1.31. The number of carboxylic acids is 1. The first-order chi connectivity index (χ1) is 24.0. The Morgan fingerprint density at radius 2 is 1.50 bits per heavy atom. The number of nitrogens with two attached hydrogens (primary N) is 2. The summed E-state index contributed by atoms with van der Waals surface area (Å²) in [5, 5.41) is 24.3. The lowest BCUT2D eigenvalue weighted by Crippen LogP contribution is -2.59. The number of aliphatic carboxylic acids is 1. The monoisotopic (exact) mass is 707 g/mol. The molecule has 16 heteroatoms. The summed E-state index contributed by atoms with van der Waals surface area (Å²) < 4.78 is 0. The summed E-state index contributed by atoms with van der Waals surface area (Å²) in [5.74, 6) is -3.94. The van der Waals surface area contributed by atoms with E-state index in [1.165, 1.54) is 0 Å². The van der Waals surface area contributed by atoms with Gasteiger partial charge in [-0.25, -0.2) is 4.79 Å². The van der Waals surface area contributed by atoms with Crippen LogP contribution in [0, 0.1) is 0 Å². The molecule has 4 amide bonds. The third-order valence-corrected chi connectivity index (χ3v) is 8.76. The number of guanidine groups is 1. The topological polar surface area (TPSA) is 246 Å². The number of benzene rings is 2. The maximum Gasteiger partial charge on any atom is 0.327 e. The van der Waals surface area contributed by atoms with Crippen molar-refractivity contribution in [2.45, 2.75) is 68.7 Å². The highest BCUT2D eigenvalue weighted by Gasteiger charge is 2.33. The number of amides is 4. The van der Waals surface area contributed by atoms with E-state index in [0.717, 1.165) is 22.9 Å². The summed E-state index contributed by atoms with van der Waals surface area (Å²) in [6.45, 7) is 0.862. The third kappa shape index (κ3) is 11.0. The molecule has 1 aliphatic rings. The van der Waals surface area contributed by atoms with E-state index in [-0.39, 0.29) is 49.8 Å². The molecule has 0 spiro atoms. The van der Waals surface area contributed by atoms with Crippen molar-refractivity contribution in [3.63, 3.8) is 0 Å². The number of nitrogens with one attached hydrogen (secondary N) is 6. The molecule has 1 aromatic heterocycles. The van der Waals surface area contributed by atoms with Gasteiger partial charge in [0.25, 0.3) is 0 Å². The van der Waals surface area contributed by atoms with Crippen LogP contribution in [-0.4, -0.2) is 94.7 Å². The number of hydrogen-bond acceptors (Lipinski definition) is 8. The van der Waals surface area contributed by atoms with Gasteiger partial charge >= 0.3 is 5.97 Å². The molecule has 0 unspecified atom stereocenters. The van der Waals surface area contributed by atoms with Crippen molar-refractivity contribution >= 4 is 59.1 Å². The van der Waals surface area contributed by atoms with Crippen LogP contribution in [-0.2, 0) is 36.8 Å². The SMILES string of the molecule is NC(N)=NCCC[C@H](NC(=O)[C@@H](Cc1ccccc1)NC(=O)[C@@H]1CCCN1)C(=O)N[C@@H](Cc1c[nH]c2ccccc12)C(=O)N[C@@H](CS)C(=O)O. The largest absolute Gasteiger partial charge is 0.480 e. The first-order valence-electron chi connectivity index (χ1n) is 16.5. The summed E-state index contributed by atoms with van der Waals surface area (Å²) in [4.78, 5) is 73.3. The van der Waals surface area contributed by atoms with Gasteiger partial charge in [-0.3, -0.25) is 24.2 Å². The van der Waals surface area contributed by atoms with E-state index in [9.17, 15) is 29.1 Å². The lowest BCUT2D eigenvalue weighted by molar-refractivity contribution is -0.141. The fourth-order valence-electron chi connectivity index (χ4n) is 5.74. The molecule has 15 nitrogen and oxygen atoms in total. The maximum atomic E-state index is 14.0. The van der Waals surface area contributed by atoms with E-state index in [0.29, 0.717) is 18.5 Å². The number of thiol groups is 1. The average Bonchev–Trinajstić information content (AvgIpc) is 3.79. The maximum absolute atomic E-state index is 14.0. The molecule has 50 heavy (non-hydrogen) atoms. The van der Waals surface area contributed by atoms with Crippen molar-refractivity contribution < 1.29 is 29.1 Å². The Kier molecular flexibility index (Phi) is 14.0. The second-order valence-corrected chi connectivity index (χ2v) is 12.5. The minimum absolute atomic E-state index is 0.0102. The number of para-hydroxylation sites is 1. The molecule has 2 heterocycles. The smallest absolute Gasteiger partial charge is 0.327 e. The fraction of sp³-hybridized carbons (Fsp3) is 0.412. The molecule has 3 aromatic rings. The number of aliphatic imine (C=N–C) groups is 1. The predicted octanol–water partition coefficient (Wildman–Crippen LogP) is -0.288. The van der Waals surface area contributed by atoms with E-state index in [4.69, 9.17) is 11.5 Å². The number of carbonyl (C=O) groups excluding carboxylic acids is 4. The van der Waals surface area contributed by atoms with Gasteiger partial charge in [-0.1, -0.05) is 48.5 Å². The lowest BCUT2D eigenvalue weighted by atomic mass is 10.0. The van der Waals surface area contributed by atoms with Crippen molar-refractivity contribution in [3.05, 3.63) is 71.9 Å². The minimum Gasteiger partial charge on any atom is -0.480 e. The number of H-pyrrole nitrogens is 1. The number of carbonyl (C=O) groups is 5. The Labute approximate surface area is 295 Å². The molecule has 2 aromatic carbocycles. The van der Waals surface area contributed by atoms with Gasteiger partial charge in [0.1, 0.15) is 24.2 Å². The quantitative estimate of drug-likeness (QED) is 0.0361. The van der Waals surface area contributed by atoms with E-state index >= 15 is 0 Å². The van der Waals surface area contributed by atoms with E-state index in [1.807, 2.05) is 54.6 Å². The van der Waals surface area contributed by atoms with Crippen molar-refractivity contribution in [2.24, 2.45) is 16.5 Å². The van der Waals surface area contributed by atoms with E-state index in [2.05, 4.69) is 49.2 Å². The van der Waals surface area contributed by atoms with Crippen LogP contribution >= 0.6 is 12.6 Å². The molecule has 0 radical (unpaired) electrons. The molecular formula is C34H45N9O6S. The Morgan fingerprint density at radius 3 is 2.16 bits per heavy atom. The van der Waals surface area contributed by atoms with Gasteiger partial charge in [-0.2, -0.15) is 12.6 Å². The van der Waals surface area contributed by atoms with Crippen LogP contribution in [0.2, 0.25) is 0 Å². The van der Waals surface area contributed by atoms with E-state index in [1.54, 1.807) is 6.20 Å². The van der Waals surface area contributed by atoms with Crippen molar-refractivity contribution in [2.75, 3.05) is 18.8 Å². The summed E-state index contributed by atoms with van der Waals surface area (Å²) in [5.41, 5.74) is 13.3. The zero-order valence-electron chi connectivity index (χ0n) is 27.6. The van der Waals surface area contributed by atoms with Crippen LogP contribution < -0.4 is 38.1 Å². The number of carboxylic acid groups (broad SMARTS) is 1. The number of nitrogens with zero attached hydrogens (tertiary/aromatic N) is 1. The number of rotatable bonds is 18. The number of aromatic amines is 1. The van der Waals surface area contributed by atoms with Crippen LogP contribution in [0.1, 0.15) is 36.8 Å². The van der Waals surface area contributed by atoms with Gasteiger partial charge in [0.2, 0.25) is 23.6 Å². The lowest BCUT2D eigenvalue weighted by Gasteiger charge is -2.26. The third-order valence-electron chi connectivity index (χ3n) is 8.40. The average molecular weight is 708 g/mol. The van der Waals surface area contributed by atoms with Gasteiger partial charge in [-0.05, 0) is 49.4 Å². The Hall–Kier alpha value is -5.09. The van der Waals surface area contributed by atoms with Crippen LogP contribution in [0.5, 0.6) is 0 Å². The number of aromatic nitrogens is 1. The number of hydrogen-bond donors (Lipinski definition) is 10. The predicted molar refractivity (Wildman–Crippen MR) is 192 cm³/mol. The number of fused-ring (bicyclic) bond motifs is 1. The van der Waals surface area contributed by atoms with Gasteiger partial charge in [-0.15, -0.1) is 0 Å².